The minimum absolute atomic E-state index is 0.146. The van der Waals surface area contributed by atoms with E-state index in [1.165, 1.54) is 0 Å². The first-order chi connectivity index (χ1) is 6.56. The molecule has 3 nitrogen and oxygen atoms in total. The molecule has 0 aliphatic carbocycles. The van der Waals surface area contributed by atoms with Crippen LogP contribution >= 0.6 is 0 Å². The van der Waals surface area contributed by atoms with Gasteiger partial charge in [0.1, 0.15) is 0 Å². The maximum absolute atomic E-state index is 11.4. The minimum Gasteiger partial charge on any atom is -0.443 e. The zero-order chi connectivity index (χ0) is 11.1. The van der Waals surface area contributed by atoms with Gasteiger partial charge in [-0.25, -0.2) is 4.79 Å². The first kappa shape index (κ1) is 13.2. The molecule has 0 rings (SSSR count). The van der Waals surface area contributed by atoms with E-state index >= 15 is 0 Å². The standard InChI is InChI=1S/C11H21NO2/c1-6-9(4)11(13)14-10(5)12(7-2)8-3/h6,10H,7-8H2,1-5H3. The molecule has 0 saturated carbocycles. The number of esters is 1. The van der Waals surface area contributed by atoms with E-state index in [4.69, 9.17) is 4.74 Å². The third-order valence-corrected chi connectivity index (χ3v) is 2.36. The van der Waals surface area contributed by atoms with E-state index in [1.807, 2.05) is 13.8 Å². The molecule has 0 aromatic rings. The summed E-state index contributed by atoms with van der Waals surface area (Å²) >= 11 is 0. The van der Waals surface area contributed by atoms with Gasteiger partial charge in [0.2, 0.25) is 0 Å². The van der Waals surface area contributed by atoms with Gasteiger partial charge >= 0.3 is 5.97 Å². The van der Waals surface area contributed by atoms with Gasteiger partial charge in [0.05, 0.1) is 0 Å². The highest BCUT2D eigenvalue weighted by molar-refractivity contribution is 5.87. The van der Waals surface area contributed by atoms with Crippen LogP contribution in [0.15, 0.2) is 11.6 Å². The number of allylic oxidation sites excluding steroid dienone is 1. The predicted molar refractivity (Wildman–Crippen MR) is 57.9 cm³/mol. The molecule has 0 saturated heterocycles. The molecular weight excluding hydrogens is 178 g/mol. The Morgan fingerprint density at radius 3 is 2.29 bits per heavy atom. The zero-order valence-corrected chi connectivity index (χ0v) is 9.83. The van der Waals surface area contributed by atoms with E-state index in [-0.39, 0.29) is 12.2 Å². The summed E-state index contributed by atoms with van der Waals surface area (Å²) in [7, 11) is 0. The Morgan fingerprint density at radius 2 is 1.93 bits per heavy atom. The summed E-state index contributed by atoms with van der Waals surface area (Å²) in [5.74, 6) is -0.230. The molecule has 14 heavy (non-hydrogen) atoms. The molecule has 1 atom stereocenters. The van der Waals surface area contributed by atoms with Gasteiger partial charge in [-0.05, 0) is 33.9 Å². The molecule has 0 aromatic heterocycles. The fraction of sp³-hybridized carbons (Fsp3) is 0.727. The first-order valence-electron chi connectivity index (χ1n) is 5.14. The molecule has 0 heterocycles. The van der Waals surface area contributed by atoms with Crippen LogP contribution in [-0.4, -0.2) is 30.2 Å². The Bertz CT molecular complexity index is 207. The summed E-state index contributed by atoms with van der Waals surface area (Å²) in [6.07, 6.45) is 1.62. The highest BCUT2D eigenvalue weighted by atomic mass is 16.6. The van der Waals surface area contributed by atoms with Crippen molar-refractivity contribution in [1.29, 1.82) is 0 Å². The van der Waals surface area contributed by atoms with Crippen LogP contribution in [0.3, 0.4) is 0 Å². The van der Waals surface area contributed by atoms with Crippen LogP contribution in [0.25, 0.3) is 0 Å². The predicted octanol–water partition coefficient (Wildman–Crippen LogP) is 2.18. The molecule has 0 fully saturated rings. The second kappa shape index (κ2) is 6.60. The van der Waals surface area contributed by atoms with E-state index in [0.717, 1.165) is 13.1 Å². The Labute approximate surface area is 86.7 Å². The lowest BCUT2D eigenvalue weighted by molar-refractivity contribution is -0.152. The summed E-state index contributed by atoms with van der Waals surface area (Å²) in [6.45, 7) is 11.4. The van der Waals surface area contributed by atoms with Crippen LogP contribution in [0.2, 0.25) is 0 Å². The van der Waals surface area contributed by atoms with Crippen LogP contribution in [0, 0.1) is 0 Å². The molecule has 0 radical (unpaired) electrons. The second-order valence-electron chi connectivity index (χ2n) is 3.20. The van der Waals surface area contributed by atoms with Gasteiger partial charge in [0, 0.05) is 5.57 Å². The van der Waals surface area contributed by atoms with Crippen LogP contribution in [0.5, 0.6) is 0 Å². The van der Waals surface area contributed by atoms with Gasteiger partial charge in [0.15, 0.2) is 6.23 Å². The SMILES string of the molecule is CC=C(C)C(=O)OC(C)N(CC)CC. The Morgan fingerprint density at radius 1 is 1.43 bits per heavy atom. The number of nitrogens with zero attached hydrogens (tertiary/aromatic N) is 1. The number of hydrogen-bond acceptors (Lipinski definition) is 3. The number of rotatable bonds is 5. The minimum atomic E-state index is -0.230. The normalized spacial score (nSPS) is 14.3. The monoisotopic (exact) mass is 199 g/mol. The van der Waals surface area contributed by atoms with E-state index in [1.54, 1.807) is 13.0 Å². The number of carbonyl (C=O) groups is 1. The maximum Gasteiger partial charge on any atom is 0.334 e. The molecule has 0 amide bonds. The lowest BCUT2D eigenvalue weighted by atomic mass is 10.3. The van der Waals surface area contributed by atoms with Crippen molar-refractivity contribution in [2.75, 3.05) is 13.1 Å². The summed E-state index contributed by atoms with van der Waals surface area (Å²) in [5.41, 5.74) is 0.656. The topological polar surface area (TPSA) is 29.5 Å². The molecule has 0 aliphatic heterocycles. The molecule has 0 spiro atoms. The van der Waals surface area contributed by atoms with Crippen molar-refractivity contribution in [3.05, 3.63) is 11.6 Å². The lowest BCUT2D eigenvalue weighted by Crippen LogP contribution is -2.36. The smallest absolute Gasteiger partial charge is 0.334 e. The number of ether oxygens (including phenoxy) is 1. The molecule has 3 heteroatoms. The Hall–Kier alpha value is -0.830. The maximum atomic E-state index is 11.4. The van der Waals surface area contributed by atoms with Crippen molar-refractivity contribution in [1.82, 2.24) is 4.90 Å². The molecule has 1 unspecified atom stereocenters. The molecule has 0 bridgehead atoms. The second-order valence-corrected chi connectivity index (χ2v) is 3.20. The fourth-order valence-electron chi connectivity index (χ4n) is 1.18. The number of carbonyl (C=O) groups excluding carboxylic acids is 1. The van der Waals surface area contributed by atoms with Crippen LogP contribution in [0.1, 0.15) is 34.6 Å². The Kier molecular flexibility index (Phi) is 6.21. The Balaban J connectivity index is 4.17. The largest absolute Gasteiger partial charge is 0.443 e. The quantitative estimate of drug-likeness (QED) is 0.386. The summed E-state index contributed by atoms with van der Waals surface area (Å²) in [5, 5.41) is 0. The molecule has 0 aromatic carbocycles. The number of hydrogen-bond donors (Lipinski definition) is 0. The summed E-state index contributed by atoms with van der Waals surface area (Å²) in [6, 6.07) is 0. The van der Waals surface area contributed by atoms with Crippen molar-refractivity contribution in [2.45, 2.75) is 40.8 Å². The van der Waals surface area contributed by atoms with E-state index in [2.05, 4.69) is 18.7 Å². The zero-order valence-electron chi connectivity index (χ0n) is 9.83. The first-order valence-corrected chi connectivity index (χ1v) is 5.14. The average Bonchev–Trinajstić information content (AvgIpc) is 2.18. The summed E-state index contributed by atoms with van der Waals surface area (Å²) in [4.78, 5) is 13.5. The van der Waals surface area contributed by atoms with E-state index in [0.29, 0.717) is 5.57 Å². The third-order valence-electron chi connectivity index (χ3n) is 2.36. The van der Waals surface area contributed by atoms with Gasteiger partial charge in [-0.1, -0.05) is 19.9 Å². The van der Waals surface area contributed by atoms with Crippen molar-refractivity contribution >= 4 is 5.97 Å². The average molecular weight is 199 g/mol. The van der Waals surface area contributed by atoms with Crippen LogP contribution in [0.4, 0.5) is 0 Å². The van der Waals surface area contributed by atoms with Crippen LogP contribution < -0.4 is 0 Å². The molecular formula is C11H21NO2. The fourth-order valence-corrected chi connectivity index (χ4v) is 1.18. The van der Waals surface area contributed by atoms with Gasteiger partial charge in [0.25, 0.3) is 0 Å². The highest BCUT2D eigenvalue weighted by Crippen LogP contribution is 2.04. The van der Waals surface area contributed by atoms with Gasteiger partial charge in [-0.15, -0.1) is 0 Å². The van der Waals surface area contributed by atoms with E-state index < -0.39 is 0 Å². The van der Waals surface area contributed by atoms with Gasteiger partial charge < -0.3 is 4.74 Å². The van der Waals surface area contributed by atoms with Gasteiger partial charge in [-0.3, -0.25) is 4.90 Å². The van der Waals surface area contributed by atoms with Crippen molar-refractivity contribution in [2.24, 2.45) is 0 Å². The molecule has 0 N–H and O–H groups in total. The van der Waals surface area contributed by atoms with Gasteiger partial charge in [-0.2, -0.15) is 0 Å². The van der Waals surface area contributed by atoms with Crippen molar-refractivity contribution in [3.8, 4) is 0 Å². The van der Waals surface area contributed by atoms with Crippen LogP contribution in [-0.2, 0) is 9.53 Å². The van der Waals surface area contributed by atoms with Crippen molar-refractivity contribution in [3.63, 3.8) is 0 Å². The third kappa shape index (κ3) is 3.92. The van der Waals surface area contributed by atoms with E-state index in [9.17, 15) is 4.79 Å². The van der Waals surface area contributed by atoms with Crippen molar-refractivity contribution < 1.29 is 9.53 Å². The lowest BCUT2D eigenvalue weighted by Gasteiger charge is -2.25. The molecule has 0 aliphatic rings. The molecule has 82 valence electrons. The highest BCUT2D eigenvalue weighted by Gasteiger charge is 2.15. The summed E-state index contributed by atoms with van der Waals surface area (Å²) < 4.78 is 5.27.